The van der Waals surface area contributed by atoms with E-state index in [0.717, 1.165) is 11.3 Å². The smallest absolute Gasteiger partial charge is 0.247 e. The van der Waals surface area contributed by atoms with Gasteiger partial charge in [-0.3, -0.25) is 4.79 Å². The zero-order valence-electron chi connectivity index (χ0n) is 11.5. The Balaban J connectivity index is 1.97. The molecule has 21 heavy (non-hydrogen) atoms. The van der Waals surface area contributed by atoms with Crippen LogP contribution in [-0.2, 0) is 4.79 Å². The van der Waals surface area contributed by atoms with Gasteiger partial charge >= 0.3 is 0 Å². The van der Waals surface area contributed by atoms with E-state index < -0.39 is 6.04 Å². The van der Waals surface area contributed by atoms with Gasteiger partial charge in [0.1, 0.15) is 11.8 Å². The molecule has 1 amide bonds. The topological polar surface area (TPSA) is 55.6 Å². The van der Waals surface area contributed by atoms with E-state index in [1.165, 1.54) is 0 Å². The first-order valence-electron chi connectivity index (χ1n) is 6.60. The van der Waals surface area contributed by atoms with Crippen LogP contribution in [0.15, 0.2) is 48.5 Å². The molecule has 1 aliphatic rings. The quantitative estimate of drug-likeness (QED) is 0.887. The van der Waals surface area contributed by atoms with Gasteiger partial charge in [-0.25, -0.2) is 0 Å². The lowest BCUT2D eigenvalue weighted by Gasteiger charge is -2.45. The summed E-state index contributed by atoms with van der Waals surface area (Å²) in [4.78, 5) is 13.8. The molecule has 0 unspecified atom stereocenters. The number of benzene rings is 2. The fraction of sp³-hybridized carbons (Fsp3) is 0.188. The number of methoxy groups -OCH3 is 1. The summed E-state index contributed by atoms with van der Waals surface area (Å²) in [5.41, 5.74) is 7.71. The maximum atomic E-state index is 12.1. The fourth-order valence-electron chi connectivity index (χ4n) is 2.61. The maximum absolute atomic E-state index is 12.1. The van der Waals surface area contributed by atoms with Crippen LogP contribution in [0.1, 0.15) is 11.6 Å². The number of anilines is 1. The molecule has 2 aromatic carbocycles. The van der Waals surface area contributed by atoms with Gasteiger partial charge < -0.3 is 15.4 Å². The molecule has 3 rings (SSSR count). The third-order valence-corrected chi connectivity index (χ3v) is 3.99. The van der Waals surface area contributed by atoms with Crippen molar-refractivity contribution in [3.05, 3.63) is 59.1 Å². The van der Waals surface area contributed by atoms with Gasteiger partial charge in [-0.05, 0) is 23.8 Å². The number of nitrogens with two attached hydrogens (primary N) is 1. The Morgan fingerprint density at radius 1 is 1.19 bits per heavy atom. The third-order valence-electron chi connectivity index (χ3n) is 3.70. The molecule has 1 aliphatic heterocycles. The maximum Gasteiger partial charge on any atom is 0.247 e. The Labute approximate surface area is 128 Å². The van der Waals surface area contributed by atoms with E-state index >= 15 is 0 Å². The number of rotatable bonds is 3. The van der Waals surface area contributed by atoms with Crippen LogP contribution in [0.3, 0.4) is 0 Å². The summed E-state index contributed by atoms with van der Waals surface area (Å²) in [7, 11) is 1.55. The highest BCUT2D eigenvalue weighted by molar-refractivity contribution is 6.32. The van der Waals surface area contributed by atoms with Crippen molar-refractivity contribution in [1.29, 1.82) is 0 Å². The summed E-state index contributed by atoms with van der Waals surface area (Å²) in [5.74, 6) is 0.471. The molecule has 108 valence electrons. The van der Waals surface area contributed by atoms with Gasteiger partial charge in [-0.1, -0.05) is 41.9 Å². The lowest BCUT2D eigenvalue weighted by atomic mass is 9.88. The highest BCUT2D eigenvalue weighted by atomic mass is 35.5. The normalized spacial score (nSPS) is 21.1. The van der Waals surface area contributed by atoms with Gasteiger partial charge in [0, 0.05) is 5.69 Å². The van der Waals surface area contributed by atoms with Crippen molar-refractivity contribution >= 4 is 23.2 Å². The summed E-state index contributed by atoms with van der Waals surface area (Å²) in [6, 6.07) is 14.3. The van der Waals surface area contributed by atoms with Crippen LogP contribution in [0.2, 0.25) is 5.02 Å². The van der Waals surface area contributed by atoms with Crippen molar-refractivity contribution in [2.75, 3.05) is 12.0 Å². The third kappa shape index (κ3) is 2.26. The molecule has 0 saturated carbocycles. The molecule has 0 bridgehead atoms. The van der Waals surface area contributed by atoms with Crippen LogP contribution >= 0.6 is 11.6 Å². The van der Waals surface area contributed by atoms with Gasteiger partial charge in [-0.15, -0.1) is 0 Å². The van der Waals surface area contributed by atoms with Crippen molar-refractivity contribution in [3.8, 4) is 5.75 Å². The Morgan fingerprint density at radius 2 is 1.90 bits per heavy atom. The van der Waals surface area contributed by atoms with Gasteiger partial charge in [0.05, 0.1) is 18.2 Å². The summed E-state index contributed by atoms with van der Waals surface area (Å²) < 4.78 is 5.13. The largest absolute Gasteiger partial charge is 0.495 e. The predicted octanol–water partition coefficient (Wildman–Crippen LogP) is 2.76. The van der Waals surface area contributed by atoms with E-state index in [-0.39, 0.29) is 11.9 Å². The minimum absolute atomic E-state index is 0.106. The monoisotopic (exact) mass is 302 g/mol. The van der Waals surface area contributed by atoms with E-state index in [4.69, 9.17) is 22.1 Å². The molecule has 4 nitrogen and oxygen atoms in total. The second-order valence-electron chi connectivity index (χ2n) is 4.91. The van der Waals surface area contributed by atoms with Gasteiger partial charge in [0.25, 0.3) is 0 Å². The van der Waals surface area contributed by atoms with Gasteiger partial charge in [0.2, 0.25) is 5.91 Å². The molecule has 0 aromatic heterocycles. The standard InChI is InChI=1S/C16H15ClN2O2/c1-21-13-8-7-11(9-12(13)17)19-15(14(18)16(19)20)10-5-3-2-4-6-10/h2-9,14-15H,18H2,1H3/t14-,15-/m0/s1. The molecule has 0 spiro atoms. The summed E-state index contributed by atoms with van der Waals surface area (Å²) in [6.07, 6.45) is 0. The number of amides is 1. The van der Waals surface area contributed by atoms with E-state index in [2.05, 4.69) is 0 Å². The van der Waals surface area contributed by atoms with E-state index in [9.17, 15) is 4.79 Å². The lowest BCUT2D eigenvalue weighted by Crippen LogP contribution is -2.63. The number of halogens is 1. The zero-order chi connectivity index (χ0) is 15.0. The first kappa shape index (κ1) is 13.9. The molecular formula is C16H15ClN2O2. The Hall–Kier alpha value is -2.04. The van der Waals surface area contributed by atoms with E-state index in [1.54, 1.807) is 24.1 Å². The first-order chi connectivity index (χ1) is 10.1. The molecule has 2 aromatic rings. The minimum Gasteiger partial charge on any atom is -0.495 e. The molecule has 1 heterocycles. The number of hydrogen-bond donors (Lipinski definition) is 1. The molecule has 1 fully saturated rings. The summed E-state index contributed by atoms with van der Waals surface area (Å²) in [5, 5.41) is 0.468. The van der Waals surface area contributed by atoms with Crippen molar-refractivity contribution in [2.45, 2.75) is 12.1 Å². The van der Waals surface area contributed by atoms with Crippen molar-refractivity contribution < 1.29 is 9.53 Å². The Kier molecular flexibility index (Phi) is 3.57. The second kappa shape index (κ2) is 5.39. The number of ether oxygens (including phenoxy) is 1. The van der Waals surface area contributed by atoms with Gasteiger partial charge in [0.15, 0.2) is 0 Å². The molecule has 5 heteroatoms. The molecule has 0 aliphatic carbocycles. The number of β-lactam (4-membered cyclic amide) rings is 1. The average molecular weight is 303 g/mol. The molecule has 2 atom stereocenters. The fourth-order valence-corrected chi connectivity index (χ4v) is 2.86. The van der Waals surface area contributed by atoms with Crippen LogP contribution in [0.25, 0.3) is 0 Å². The number of hydrogen-bond acceptors (Lipinski definition) is 3. The van der Waals surface area contributed by atoms with Gasteiger partial charge in [-0.2, -0.15) is 0 Å². The van der Waals surface area contributed by atoms with Crippen molar-refractivity contribution in [2.24, 2.45) is 5.73 Å². The average Bonchev–Trinajstić information content (AvgIpc) is 2.52. The lowest BCUT2D eigenvalue weighted by molar-refractivity contribution is -0.126. The molecule has 1 saturated heterocycles. The molecular weight excluding hydrogens is 288 g/mol. The van der Waals surface area contributed by atoms with E-state index in [1.807, 2.05) is 36.4 Å². The second-order valence-corrected chi connectivity index (χ2v) is 5.32. The van der Waals surface area contributed by atoms with Crippen molar-refractivity contribution in [1.82, 2.24) is 0 Å². The minimum atomic E-state index is -0.520. The zero-order valence-corrected chi connectivity index (χ0v) is 12.2. The predicted molar refractivity (Wildman–Crippen MR) is 82.6 cm³/mol. The van der Waals surface area contributed by atoms with Crippen LogP contribution in [0.5, 0.6) is 5.75 Å². The Morgan fingerprint density at radius 3 is 2.52 bits per heavy atom. The summed E-state index contributed by atoms with van der Waals surface area (Å²) in [6.45, 7) is 0. The van der Waals surface area contributed by atoms with E-state index in [0.29, 0.717) is 10.8 Å². The molecule has 2 N–H and O–H groups in total. The highest BCUT2D eigenvalue weighted by Gasteiger charge is 2.46. The SMILES string of the molecule is COc1ccc(N2C(=O)[C@@H](N)[C@@H]2c2ccccc2)cc1Cl. The Bertz CT molecular complexity index is 675. The van der Waals surface area contributed by atoms with Crippen LogP contribution in [-0.4, -0.2) is 19.1 Å². The first-order valence-corrected chi connectivity index (χ1v) is 6.98. The highest BCUT2D eigenvalue weighted by Crippen LogP contribution is 2.40. The van der Waals surface area contributed by atoms with Crippen LogP contribution < -0.4 is 15.4 Å². The summed E-state index contributed by atoms with van der Waals surface area (Å²) >= 11 is 6.14. The number of nitrogens with zero attached hydrogens (tertiary/aromatic N) is 1. The van der Waals surface area contributed by atoms with Crippen molar-refractivity contribution in [3.63, 3.8) is 0 Å². The van der Waals surface area contributed by atoms with Crippen LogP contribution in [0.4, 0.5) is 5.69 Å². The van der Waals surface area contributed by atoms with Crippen LogP contribution in [0, 0.1) is 0 Å². The number of carbonyl (C=O) groups excluding carboxylic acids is 1. The molecule has 0 radical (unpaired) electrons. The number of carbonyl (C=O) groups is 1.